The molecule has 3 aromatic rings. The van der Waals surface area contributed by atoms with E-state index in [2.05, 4.69) is 22.0 Å². The predicted molar refractivity (Wildman–Crippen MR) is 86.5 cm³/mol. The Labute approximate surface area is 137 Å². The quantitative estimate of drug-likeness (QED) is 0.727. The fourth-order valence-corrected chi connectivity index (χ4v) is 3.70. The number of halogens is 1. The third kappa shape index (κ3) is 2.80. The largest absolute Gasteiger partial charge is 0.338 e. The summed E-state index contributed by atoms with van der Waals surface area (Å²) in [5.41, 5.74) is 2.27. The molecule has 0 aliphatic carbocycles. The molecule has 4 nitrogen and oxygen atoms in total. The van der Waals surface area contributed by atoms with Crippen molar-refractivity contribution in [2.45, 2.75) is 25.9 Å². The maximum atomic E-state index is 13.5. The minimum Gasteiger partial charge on any atom is -0.338 e. The van der Waals surface area contributed by atoms with E-state index in [1.54, 1.807) is 17.4 Å². The molecule has 1 aromatic carbocycles. The number of rotatable bonds is 3. The van der Waals surface area contributed by atoms with E-state index in [1.165, 1.54) is 11.6 Å². The van der Waals surface area contributed by atoms with Gasteiger partial charge in [-0.05, 0) is 48.1 Å². The summed E-state index contributed by atoms with van der Waals surface area (Å²) < 4.78 is 18.9. The van der Waals surface area contributed by atoms with Crippen molar-refractivity contribution in [3.8, 4) is 10.7 Å². The molecule has 118 valence electrons. The van der Waals surface area contributed by atoms with Gasteiger partial charge < -0.3 is 4.52 Å². The Hall–Kier alpha value is -2.05. The maximum Gasteiger partial charge on any atom is 0.241 e. The minimum absolute atomic E-state index is 0.131. The summed E-state index contributed by atoms with van der Waals surface area (Å²) in [4.78, 5) is 7.71. The summed E-state index contributed by atoms with van der Waals surface area (Å²) >= 11 is 1.59. The SMILES string of the molecule is CC1c2cc(F)ccc2CCN1Cc1nc(-c2cccs2)no1. The molecule has 0 saturated heterocycles. The number of hydrogen-bond donors (Lipinski definition) is 0. The van der Waals surface area contributed by atoms with Crippen LogP contribution in [-0.4, -0.2) is 21.6 Å². The molecule has 23 heavy (non-hydrogen) atoms. The Bertz CT molecular complexity index is 815. The van der Waals surface area contributed by atoms with Gasteiger partial charge in [-0.25, -0.2) is 4.39 Å². The number of benzene rings is 1. The topological polar surface area (TPSA) is 42.2 Å². The van der Waals surface area contributed by atoms with Crippen LogP contribution in [0.1, 0.15) is 30.0 Å². The Kier molecular flexibility index (Phi) is 3.71. The first-order chi connectivity index (χ1) is 11.2. The molecule has 1 unspecified atom stereocenters. The standard InChI is InChI=1S/C17H16FN3OS/c1-11-14-9-13(18)5-4-12(14)6-7-21(11)10-16-19-17(20-22-16)15-3-2-8-23-15/h2-5,8-9,11H,6-7,10H2,1H3. The van der Waals surface area contributed by atoms with Gasteiger partial charge in [-0.3, -0.25) is 4.90 Å². The highest BCUT2D eigenvalue weighted by molar-refractivity contribution is 7.13. The van der Waals surface area contributed by atoms with Gasteiger partial charge in [0.25, 0.3) is 0 Å². The van der Waals surface area contributed by atoms with Crippen molar-refractivity contribution in [2.24, 2.45) is 0 Å². The molecule has 0 fully saturated rings. The number of aromatic nitrogens is 2. The minimum atomic E-state index is -0.185. The van der Waals surface area contributed by atoms with E-state index in [0.717, 1.165) is 23.4 Å². The maximum absolute atomic E-state index is 13.5. The van der Waals surface area contributed by atoms with Crippen molar-refractivity contribution in [1.82, 2.24) is 15.0 Å². The van der Waals surface area contributed by atoms with Gasteiger partial charge in [0.05, 0.1) is 11.4 Å². The van der Waals surface area contributed by atoms with Gasteiger partial charge in [0.15, 0.2) is 0 Å². The monoisotopic (exact) mass is 329 g/mol. The molecule has 2 aromatic heterocycles. The van der Waals surface area contributed by atoms with Crippen molar-refractivity contribution in [3.05, 3.63) is 58.5 Å². The van der Waals surface area contributed by atoms with Crippen LogP contribution >= 0.6 is 11.3 Å². The van der Waals surface area contributed by atoms with Crippen LogP contribution in [0, 0.1) is 5.82 Å². The van der Waals surface area contributed by atoms with Crippen LogP contribution in [0.4, 0.5) is 4.39 Å². The zero-order chi connectivity index (χ0) is 15.8. The Morgan fingerprint density at radius 3 is 3.13 bits per heavy atom. The molecule has 6 heteroatoms. The summed E-state index contributed by atoms with van der Waals surface area (Å²) in [5, 5.41) is 6.03. The van der Waals surface area contributed by atoms with Gasteiger partial charge in [-0.15, -0.1) is 11.3 Å². The second-order valence-corrected chi connectivity index (χ2v) is 6.68. The number of nitrogens with zero attached hydrogens (tertiary/aromatic N) is 3. The summed E-state index contributed by atoms with van der Waals surface area (Å²) in [6, 6.07) is 9.13. The molecule has 0 amide bonds. The lowest BCUT2D eigenvalue weighted by Crippen LogP contribution is -2.33. The van der Waals surface area contributed by atoms with Gasteiger partial charge in [-0.1, -0.05) is 17.3 Å². The van der Waals surface area contributed by atoms with Crippen molar-refractivity contribution in [3.63, 3.8) is 0 Å². The van der Waals surface area contributed by atoms with Gasteiger partial charge in [-0.2, -0.15) is 4.98 Å². The molecule has 1 aliphatic rings. The van der Waals surface area contributed by atoms with E-state index < -0.39 is 0 Å². The first-order valence-electron chi connectivity index (χ1n) is 7.59. The molecule has 0 bridgehead atoms. The van der Waals surface area contributed by atoms with E-state index in [4.69, 9.17) is 4.52 Å². The van der Waals surface area contributed by atoms with Crippen molar-refractivity contribution in [2.75, 3.05) is 6.54 Å². The van der Waals surface area contributed by atoms with Crippen LogP contribution < -0.4 is 0 Å². The van der Waals surface area contributed by atoms with Crippen LogP contribution in [-0.2, 0) is 13.0 Å². The first-order valence-corrected chi connectivity index (χ1v) is 8.47. The molecular weight excluding hydrogens is 313 g/mol. The van der Waals surface area contributed by atoms with E-state index in [9.17, 15) is 4.39 Å². The summed E-state index contributed by atoms with van der Waals surface area (Å²) in [6.45, 7) is 3.57. The highest BCUT2D eigenvalue weighted by Gasteiger charge is 2.26. The molecule has 0 N–H and O–H groups in total. The first kappa shape index (κ1) is 14.5. The van der Waals surface area contributed by atoms with Crippen LogP contribution in [0.15, 0.2) is 40.2 Å². The second kappa shape index (κ2) is 5.86. The smallest absolute Gasteiger partial charge is 0.241 e. The zero-order valence-corrected chi connectivity index (χ0v) is 13.5. The molecule has 0 radical (unpaired) electrons. The Morgan fingerprint density at radius 2 is 2.30 bits per heavy atom. The van der Waals surface area contributed by atoms with E-state index in [0.29, 0.717) is 18.3 Å². The summed E-state index contributed by atoms with van der Waals surface area (Å²) in [7, 11) is 0. The molecule has 3 heterocycles. The van der Waals surface area contributed by atoms with E-state index >= 15 is 0 Å². The van der Waals surface area contributed by atoms with Crippen molar-refractivity contribution in [1.29, 1.82) is 0 Å². The fourth-order valence-electron chi connectivity index (χ4n) is 3.05. The summed E-state index contributed by atoms with van der Waals surface area (Å²) in [5.74, 6) is 1.04. The number of thiophene rings is 1. The van der Waals surface area contributed by atoms with Crippen LogP contribution in [0.2, 0.25) is 0 Å². The Balaban J connectivity index is 1.54. The second-order valence-electron chi connectivity index (χ2n) is 5.73. The normalized spacial score (nSPS) is 18.1. The highest BCUT2D eigenvalue weighted by atomic mass is 32.1. The van der Waals surface area contributed by atoms with E-state index in [-0.39, 0.29) is 11.9 Å². The average Bonchev–Trinajstić information content (AvgIpc) is 3.22. The lowest BCUT2D eigenvalue weighted by molar-refractivity contribution is 0.165. The Morgan fingerprint density at radius 1 is 1.39 bits per heavy atom. The molecule has 0 spiro atoms. The highest BCUT2D eigenvalue weighted by Crippen LogP contribution is 2.31. The third-order valence-electron chi connectivity index (χ3n) is 4.32. The van der Waals surface area contributed by atoms with Gasteiger partial charge in [0, 0.05) is 12.6 Å². The van der Waals surface area contributed by atoms with Crippen molar-refractivity contribution < 1.29 is 8.91 Å². The molecule has 1 atom stereocenters. The molecule has 1 aliphatic heterocycles. The average molecular weight is 329 g/mol. The molecular formula is C17H16FN3OS. The molecule has 0 saturated carbocycles. The number of hydrogen-bond acceptors (Lipinski definition) is 5. The van der Waals surface area contributed by atoms with Crippen molar-refractivity contribution >= 4 is 11.3 Å². The lowest BCUT2D eigenvalue weighted by Gasteiger charge is -2.34. The van der Waals surface area contributed by atoms with E-state index in [1.807, 2.05) is 23.6 Å². The fraction of sp³-hybridized carbons (Fsp3) is 0.294. The third-order valence-corrected chi connectivity index (χ3v) is 5.19. The van der Waals surface area contributed by atoms with Crippen LogP contribution in [0.25, 0.3) is 10.7 Å². The van der Waals surface area contributed by atoms with Gasteiger partial charge >= 0.3 is 0 Å². The van der Waals surface area contributed by atoms with Gasteiger partial charge in [0.1, 0.15) is 5.82 Å². The predicted octanol–water partition coefficient (Wildman–Crippen LogP) is 4.06. The van der Waals surface area contributed by atoms with Crippen LogP contribution in [0.5, 0.6) is 0 Å². The molecule has 4 rings (SSSR count). The zero-order valence-electron chi connectivity index (χ0n) is 12.7. The number of fused-ring (bicyclic) bond motifs is 1. The van der Waals surface area contributed by atoms with Gasteiger partial charge in [0.2, 0.25) is 11.7 Å². The van der Waals surface area contributed by atoms with Crippen LogP contribution in [0.3, 0.4) is 0 Å². The summed E-state index contributed by atoms with van der Waals surface area (Å²) in [6.07, 6.45) is 0.909. The lowest BCUT2D eigenvalue weighted by atomic mass is 9.93.